The number of carbonyl (C=O) groups is 1. The topological polar surface area (TPSA) is 62.2 Å². The van der Waals surface area contributed by atoms with Crippen LogP contribution in [-0.2, 0) is 22.6 Å². The lowest BCUT2D eigenvalue weighted by Gasteiger charge is -2.37. The van der Waals surface area contributed by atoms with Gasteiger partial charge >= 0.3 is 0 Å². The number of rotatable bonds is 12. The summed E-state index contributed by atoms with van der Waals surface area (Å²) in [5.74, 6) is 0.916. The highest BCUT2D eigenvalue weighted by atomic mass is 32.1. The first-order valence-corrected chi connectivity index (χ1v) is 13.9. The number of hydrogen-bond donors (Lipinski definition) is 1. The molecule has 1 amide bonds. The SMILES string of the molecule is CCN(CC(=O)N1CCc2sccc2[C@H]1COc1ccc(C)cc1C)C[C@H](O)COCc1ccccc1. The van der Waals surface area contributed by atoms with E-state index in [0.717, 1.165) is 23.3 Å². The Morgan fingerprint density at radius 1 is 1.19 bits per heavy atom. The van der Waals surface area contributed by atoms with Gasteiger partial charge in [-0.15, -0.1) is 11.3 Å². The Bertz CT molecular complexity index is 1150. The fourth-order valence-electron chi connectivity index (χ4n) is 4.83. The minimum atomic E-state index is -0.662. The zero-order valence-electron chi connectivity index (χ0n) is 22.1. The van der Waals surface area contributed by atoms with Crippen molar-refractivity contribution in [2.75, 3.05) is 39.4 Å². The number of ether oxygens (including phenoxy) is 2. The van der Waals surface area contributed by atoms with Crippen molar-refractivity contribution in [1.29, 1.82) is 0 Å². The van der Waals surface area contributed by atoms with Gasteiger partial charge in [-0.3, -0.25) is 9.69 Å². The van der Waals surface area contributed by atoms with Gasteiger partial charge < -0.3 is 19.5 Å². The Labute approximate surface area is 224 Å². The van der Waals surface area contributed by atoms with Gasteiger partial charge in [0.25, 0.3) is 0 Å². The molecule has 0 aliphatic carbocycles. The zero-order valence-corrected chi connectivity index (χ0v) is 22.9. The summed E-state index contributed by atoms with van der Waals surface area (Å²) >= 11 is 1.75. The summed E-state index contributed by atoms with van der Waals surface area (Å²) in [5, 5.41) is 12.7. The molecule has 1 N–H and O–H groups in total. The number of hydrogen-bond acceptors (Lipinski definition) is 6. The Morgan fingerprint density at radius 3 is 2.76 bits per heavy atom. The summed E-state index contributed by atoms with van der Waals surface area (Å²) < 4.78 is 12.0. The molecule has 0 bridgehead atoms. The summed E-state index contributed by atoms with van der Waals surface area (Å²) in [6, 6.07) is 18.1. The van der Waals surface area contributed by atoms with Crippen molar-refractivity contribution < 1.29 is 19.4 Å². The van der Waals surface area contributed by atoms with Gasteiger partial charge in [-0.05, 0) is 61.0 Å². The first kappa shape index (κ1) is 27.3. The van der Waals surface area contributed by atoms with Crippen LogP contribution in [0, 0.1) is 13.8 Å². The van der Waals surface area contributed by atoms with E-state index in [2.05, 4.69) is 37.4 Å². The van der Waals surface area contributed by atoms with Gasteiger partial charge in [-0.25, -0.2) is 0 Å². The zero-order chi connectivity index (χ0) is 26.2. The molecule has 2 aromatic carbocycles. The summed E-state index contributed by atoms with van der Waals surface area (Å²) in [6.45, 7) is 9.23. The highest BCUT2D eigenvalue weighted by Gasteiger charge is 2.33. The monoisotopic (exact) mass is 522 g/mol. The molecule has 0 unspecified atom stereocenters. The smallest absolute Gasteiger partial charge is 0.237 e. The molecule has 6 nitrogen and oxygen atoms in total. The van der Waals surface area contributed by atoms with E-state index < -0.39 is 6.10 Å². The van der Waals surface area contributed by atoms with E-state index >= 15 is 0 Å². The van der Waals surface area contributed by atoms with Crippen LogP contribution in [0.4, 0.5) is 0 Å². The average Bonchev–Trinajstić information content (AvgIpc) is 3.37. The molecule has 2 atom stereocenters. The van der Waals surface area contributed by atoms with Gasteiger partial charge in [0.05, 0.1) is 31.9 Å². The predicted octanol–water partition coefficient (Wildman–Crippen LogP) is 4.77. The fourth-order valence-corrected chi connectivity index (χ4v) is 5.76. The quantitative estimate of drug-likeness (QED) is 0.371. The third-order valence-electron chi connectivity index (χ3n) is 6.84. The van der Waals surface area contributed by atoms with Crippen LogP contribution < -0.4 is 4.74 Å². The number of thiophene rings is 1. The second-order valence-electron chi connectivity index (χ2n) is 9.71. The van der Waals surface area contributed by atoms with Crippen LogP contribution in [0.2, 0.25) is 0 Å². The second-order valence-corrected chi connectivity index (χ2v) is 10.7. The van der Waals surface area contributed by atoms with Crippen molar-refractivity contribution in [1.82, 2.24) is 9.80 Å². The van der Waals surface area contributed by atoms with Gasteiger partial charge in [-0.2, -0.15) is 0 Å². The van der Waals surface area contributed by atoms with Crippen LogP contribution in [0.1, 0.15) is 40.1 Å². The number of fused-ring (bicyclic) bond motifs is 1. The number of likely N-dealkylation sites (N-methyl/N-ethyl adjacent to an activating group) is 1. The van der Waals surface area contributed by atoms with Crippen molar-refractivity contribution in [3.63, 3.8) is 0 Å². The number of aliphatic hydroxyl groups is 1. The van der Waals surface area contributed by atoms with Gasteiger partial charge in [0, 0.05) is 18.0 Å². The standard InChI is InChI=1S/C30H38N2O4S/c1-4-31(17-25(33)20-35-19-24-8-6-5-7-9-24)18-30(34)32-14-12-29-26(13-15-37-29)27(32)21-36-28-11-10-22(2)16-23(28)3/h5-11,13,15-16,25,27,33H,4,12,14,17-21H2,1-3H3/t25-,27+/m0/s1. The van der Waals surface area contributed by atoms with Gasteiger partial charge in [-0.1, -0.05) is 55.0 Å². The molecule has 0 fully saturated rings. The molecule has 0 spiro atoms. The molecule has 0 saturated heterocycles. The Hall–Kier alpha value is -2.71. The molecule has 198 valence electrons. The van der Waals surface area contributed by atoms with Crippen LogP contribution in [0.15, 0.2) is 60.0 Å². The molecule has 4 rings (SSSR count). The van der Waals surface area contributed by atoms with E-state index in [1.165, 1.54) is 16.0 Å². The maximum absolute atomic E-state index is 13.5. The van der Waals surface area contributed by atoms with Gasteiger partial charge in [0.2, 0.25) is 5.91 Å². The number of aliphatic hydroxyl groups excluding tert-OH is 1. The molecule has 3 aromatic rings. The number of nitrogens with zero attached hydrogens (tertiary/aromatic N) is 2. The lowest BCUT2D eigenvalue weighted by molar-refractivity contribution is -0.136. The second kappa shape index (κ2) is 13.2. The van der Waals surface area contributed by atoms with Crippen molar-refractivity contribution in [3.05, 3.63) is 87.1 Å². The number of aryl methyl sites for hydroxylation is 2. The molecule has 0 radical (unpaired) electrons. The molecular formula is C30H38N2O4S. The third-order valence-corrected chi connectivity index (χ3v) is 7.84. The molecule has 37 heavy (non-hydrogen) atoms. The minimum Gasteiger partial charge on any atom is -0.491 e. The number of benzene rings is 2. The molecule has 1 aromatic heterocycles. The largest absolute Gasteiger partial charge is 0.491 e. The van der Waals surface area contributed by atoms with Crippen LogP contribution in [0.25, 0.3) is 0 Å². The first-order valence-electron chi connectivity index (χ1n) is 13.0. The molecule has 1 aliphatic rings. The maximum atomic E-state index is 13.5. The van der Waals surface area contributed by atoms with Gasteiger partial charge in [0.1, 0.15) is 12.4 Å². The van der Waals surface area contributed by atoms with Crippen LogP contribution in [0.5, 0.6) is 5.75 Å². The molecule has 7 heteroatoms. The summed E-state index contributed by atoms with van der Waals surface area (Å²) in [5.41, 5.74) is 4.56. The Kier molecular flexibility index (Phi) is 9.75. The van der Waals surface area contributed by atoms with Crippen LogP contribution in [0.3, 0.4) is 0 Å². The lowest BCUT2D eigenvalue weighted by atomic mass is 10.00. The van der Waals surface area contributed by atoms with Crippen molar-refractivity contribution in [3.8, 4) is 5.75 Å². The lowest BCUT2D eigenvalue weighted by Crippen LogP contribution is -2.48. The maximum Gasteiger partial charge on any atom is 0.237 e. The van der Waals surface area contributed by atoms with Crippen molar-refractivity contribution in [2.45, 2.75) is 45.9 Å². The summed E-state index contributed by atoms with van der Waals surface area (Å²) in [6.07, 6.45) is 0.200. The molecule has 2 heterocycles. The van der Waals surface area contributed by atoms with E-state index in [1.54, 1.807) is 11.3 Å². The van der Waals surface area contributed by atoms with Crippen molar-refractivity contribution in [2.24, 2.45) is 0 Å². The Morgan fingerprint density at radius 2 is 2.00 bits per heavy atom. The van der Waals surface area contributed by atoms with Crippen molar-refractivity contribution >= 4 is 17.2 Å². The Balaban J connectivity index is 1.35. The normalized spacial score (nSPS) is 16.0. The average molecular weight is 523 g/mol. The highest BCUT2D eigenvalue weighted by molar-refractivity contribution is 7.10. The van der Waals surface area contributed by atoms with Crippen LogP contribution in [-0.4, -0.2) is 66.3 Å². The first-order chi connectivity index (χ1) is 17.9. The summed E-state index contributed by atoms with van der Waals surface area (Å²) in [7, 11) is 0. The molecule has 0 saturated carbocycles. The van der Waals surface area contributed by atoms with E-state index in [-0.39, 0.29) is 25.1 Å². The molecular weight excluding hydrogens is 484 g/mol. The fraction of sp³-hybridized carbons (Fsp3) is 0.433. The van der Waals surface area contributed by atoms with E-state index in [0.29, 0.717) is 32.8 Å². The number of carbonyl (C=O) groups excluding carboxylic acids is 1. The van der Waals surface area contributed by atoms with E-state index in [1.807, 2.05) is 53.1 Å². The van der Waals surface area contributed by atoms with Crippen LogP contribution >= 0.6 is 11.3 Å². The third kappa shape index (κ3) is 7.42. The predicted molar refractivity (Wildman–Crippen MR) is 148 cm³/mol. The van der Waals surface area contributed by atoms with E-state index in [9.17, 15) is 9.90 Å². The highest BCUT2D eigenvalue weighted by Crippen LogP contribution is 2.34. The number of amides is 1. The summed E-state index contributed by atoms with van der Waals surface area (Å²) in [4.78, 5) is 18.8. The van der Waals surface area contributed by atoms with Gasteiger partial charge in [0.15, 0.2) is 0 Å². The molecule has 1 aliphatic heterocycles. The van der Waals surface area contributed by atoms with E-state index in [4.69, 9.17) is 9.47 Å². The minimum absolute atomic E-state index is 0.0605.